The summed E-state index contributed by atoms with van der Waals surface area (Å²) in [5, 5.41) is 3.42. The van der Waals surface area contributed by atoms with Crippen molar-refractivity contribution < 1.29 is 9.53 Å². The van der Waals surface area contributed by atoms with Crippen LogP contribution in [-0.4, -0.2) is 49.2 Å². The minimum atomic E-state index is -0.0875. The lowest BCUT2D eigenvalue weighted by molar-refractivity contribution is -0.132. The molecule has 0 heterocycles. The molecule has 1 N–H and O–H groups in total. The van der Waals surface area contributed by atoms with Crippen molar-refractivity contribution >= 4 is 5.91 Å². The van der Waals surface area contributed by atoms with Gasteiger partial charge in [0.15, 0.2) is 0 Å². The van der Waals surface area contributed by atoms with E-state index in [1.54, 1.807) is 7.11 Å². The molecule has 100 valence electrons. The molecule has 0 radical (unpaired) electrons. The largest absolute Gasteiger partial charge is 0.381 e. The number of nitrogens with zero attached hydrogens (tertiary/aromatic N) is 1. The monoisotopic (exact) mass is 242 g/mol. The van der Waals surface area contributed by atoms with Crippen molar-refractivity contribution in [1.29, 1.82) is 0 Å². The van der Waals surface area contributed by atoms with Gasteiger partial charge in [-0.3, -0.25) is 4.79 Å². The number of methoxy groups -OCH3 is 1. The zero-order valence-corrected chi connectivity index (χ0v) is 11.5. The Hall–Kier alpha value is -0.610. The maximum Gasteiger partial charge on any atom is 0.239 e. The second kappa shape index (κ2) is 6.97. The maximum atomic E-state index is 12.1. The molecule has 3 atom stereocenters. The van der Waals surface area contributed by atoms with Gasteiger partial charge >= 0.3 is 0 Å². The molecule has 0 aromatic carbocycles. The molecular weight excluding hydrogens is 216 g/mol. The third kappa shape index (κ3) is 3.96. The second-order valence-corrected chi connectivity index (χ2v) is 4.77. The molecule has 1 aliphatic rings. The third-order valence-corrected chi connectivity index (χ3v) is 3.65. The number of nitrogens with one attached hydrogen (secondary N) is 1. The van der Waals surface area contributed by atoms with Gasteiger partial charge in [0, 0.05) is 26.2 Å². The molecule has 1 fully saturated rings. The molecule has 0 saturated heterocycles. The number of hydrogen-bond acceptors (Lipinski definition) is 3. The first-order chi connectivity index (χ1) is 8.12. The number of amides is 1. The van der Waals surface area contributed by atoms with Gasteiger partial charge in [0.25, 0.3) is 0 Å². The lowest BCUT2D eigenvalue weighted by Gasteiger charge is -2.25. The van der Waals surface area contributed by atoms with E-state index in [0.29, 0.717) is 12.1 Å². The van der Waals surface area contributed by atoms with Crippen LogP contribution in [-0.2, 0) is 9.53 Å². The highest BCUT2D eigenvalue weighted by atomic mass is 16.5. The molecule has 1 amide bonds. The first-order valence-corrected chi connectivity index (χ1v) is 6.69. The Labute approximate surface area is 105 Å². The minimum Gasteiger partial charge on any atom is -0.381 e. The SMILES string of the molecule is CCN(CC)C(=O)C(C)NC1CCC(OC)C1. The van der Waals surface area contributed by atoms with Gasteiger partial charge in [0.2, 0.25) is 5.91 Å². The fourth-order valence-electron chi connectivity index (χ4n) is 2.54. The van der Waals surface area contributed by atoms with Crippen LogP contribution < -0.4 is 5.32 Å². The van der Waals surface area contributed by atoms with E-state index >= 15 is 0 Å². The van der Waals surface area contributed by atoms with E-state index < -0.39 is 0 Å². The van der Waals surface area contributed by atoms with Gasteiger partial charge < -0.3 is 15.0 Å². The lowest BCUT2D eigenvalue weighted by atomic mass is 10.2. The normalized spacial score (nSPS) is 25.9. The molecule has 4 nitrogen and oxygen atoms in total. The fourth-order valence-corrected chi connectivity index (χ4v) is 2.54. The summed E-state index contributed by atoms with van der Waals surface area (Å²) in [7, 11) is 1.76. The summed E-state index contributed by atoms with van der Waals surface area (Å²) >= 11 is 0. The highest BCUT2D eigenvalue weighted by Gasteiger charge is 2.27. The predicted octanol–water partition coefficient (Wildman–Crippen LogP) is 1.40. The van der Waals surface area contributed by atoms with Crippen molar-refractivity contribution in [3.8, 4) is 0 Å². The Morgan fingerprint density at radius 1 is 1.41 bits per heavy atom. The Kier molecular flexibility index (Phi) is 5.92. The summed E-state index contributed by atoms with van der Waals surface area (Å²) < 4.78 is 5.34. The maximum absolute atomic E-state index is 12.1. The Balaban J connectivity index is 2.38. The van der Waals surface area contributed by atoms with E-state index in [1.807, 2.05) is 25.7 Å². The van der Waals surface area contributed by atoms with Gasteiger partial charge in [0.05, 0.1) is 12.1 Å². The predicted molar refractivity (Wildman–Crippen MR) is 69.0 cm³/mol. The number of carbonyl (C=O) groups is 1. The van der Waals surface area contributed by atoms with Crippen LogP contribution >= 0.6 is 0 Å². The van der Waals surface area contributed by atoms with Crippen molar-refractivity contribution in [2.45, 2.75) is 58.2 Å². The van der Waals surface area contributed by atoms with Crippen LogP contribution in [0.15, 0.2) is 0 Å². The van der Waals surface area contributed by atoms with Crippen LogP contribution in [0.5, 0.6) is 0 Å². The van der Waals surface area contributed by atoms with E-state index in [-0.39, 0.29) is 11.9 Å². The second-order valence-electron chi connectivity index (χ2n) is 4.77. The topological polar surface area (TPSA) is 41.6 Å². The summed E-state index contributed by atoms with van der Waals surface area (Å²) in [6.45, 7) is 7.56. The van der Waals surface area contributed by atoms with E-state index in [2.05, 4.69) is 5.32 Å². The van der Waals surface area contributed by atoms with Crippen LogP contribution in [0.1, 0.15) is 40.0 Å². The molecule has 0 aromatic heterocycles. The van der Waals surface area contributed by atoms with E-state index in [4.69, 9.17) is 4.74 Å². The fraction of sp³-hybridized carbons (Fsp3) is 0.923. The summed E-state index contributed by atoms with van der Waals surface area (Å²) in [6.07, 6.45) is 3.59. The molecule has 0 aliphatic heterocycles. The van der Waals surface area contributed by atoms with E-state index in [1.165, 1.54) is 0 Å². The van der Waals surface area contributed by atoms with Crippen molar-refractivity contribution in [3.63, 3.8) is 0 Å². The van der Waals surface area contributed by atoms with Crippen molar-refractivity contribution in [1.82, 2.24) is 10.2 Å². The number of ether oxygens (including phenoxy) is 1. The molecule has 0 spiro atoms. The van der Waals surface area contributed by atoms with Gasteiger partial charge in [-0.25, -0.2) is 0 Å². The zero-order chi connectivity index (χ0) is 12.8. The Morgan fingerprint density at radius 3 is 2.53 bits per heavy atom. The van der Waals surface area contributed by atoms with Gasteiger partial charge in [0.1, 0.15) is 0 Å². The van der Waals surface area contributed by atoms with Crippen LogP contribution in [0, 0.1) is 0 Å². The highest BCUT2D eigenvalue weighted by molar-refractivity contribution is 5.81. The lowest BCUT2D eigenvalue weighted by Crippen LogP contribution is -2.47. The average molecular weight is 242 g/mol. The van der Waals surface area contributed by atoms with Crippen molar-refractivity contribution in [2.24, 2.45) is 0 Å². The van der Waals surface area contributed by atoms with Crippen LogP contribution in [0.3, 0.4) is 0 Å². The standard InChI is InChI=1S/C13H26N2O2/c1-5-15(6-2)13(16)10(3)14-11-7-8-12(9-11)17-4/h10-12,14H,5-9H2,1-4H3. The molecule has 0 aromatic rings. The summed E-state index contributed by atoms with van der Waals surface area (Å²) in [5.74, 6) is 0.205. The number of rotatable bonds is 6. The molecular formula is C13H26N2O2. The summed E-state index contributed by atoms with van der Waals surface area (Å²) in [6, 6.07) is 0.338. The molecule has 17 heavy (non-hydrogen) atoms. The van der Waals surface area contributed by atoms with Gasteiger partial charge in [-0.15, -0.1) is 0 Å². The van der Waals surface area contributed by atoms with Crippen molar-refractivity contribution in [3.05, 3.63) is 0 Å². The van der Waals surface area contributed by atoms with E-state index in [0.717, 1.165) is 32.4 Å². The Morgan fingerprint density at radius 2 is 2.06 bits per heavy atom. The smallest absolute Gasteiger partial charge is 0.239 e. The van der Waals surface area contributed by atoms with Gasteiger partial charge in [-0.05, 0) is 40.0 Å². The zero-order valence-electron chi connectivity index (χ0n) is 11.5. The summed E-state index contributed by atoms with van der Waals surface area (Å²) in [5.41, 5.74) is 0. The van der Waals surface area contributed by atoms with Gasteiger partial charge in [-0.1, -0.05) is 0 Å². The van der Waals surface area contributed by atoms with Crippen molar-refractivity contribution in [2.75, 3.05) is 20.2 Å². The number of hydrogen-bond donors (Lipinski definition) is 1. The van der Waals surface area contributed by atoms with Gasteiger partial charge in [-0.2, -0.15) is 0 Å². The quantitative estimate of drug-likeness (QED) is 0.765. The first-order valence-electron chi connectivity index (χ1n) is 6.69. The molecule has 1 saturated carbocycles. The Bertz CT molecular complexity index is 242. The average Bonchev–Trinajstić information content (AvgIpc) is 2.78. The number of carbonyl (C=O) groups excluding carboxylic acids is 1. The number of likely N-dealkylation sites (N-methyl/N-ethyl adjacent to an activating group) is 1. The first kappa shape index (κ1) is 14.5. The third-order valence-electron chi connectivity index (χ3n) is 3.65. The molecule has 1 aliphatic carbocycles. The van der Waals surface area contributed by atoms with Crippen LogP contribution in [0.2, 0.25) is 0 Å². The molecule has 4 heteroatoms. The van der Waals surface area contributed by atoms with E-state index in [9.17, 15) is 4.79 Å². The summed E-state index contributed by atoms with van der Waals surface area (Å²) in [4.78, 5) is 14.0. The molecule has 3 unspecified atom stereocenters. The molecule has 0 bridgehead atoms. The van der Waals surface area contributed by atoms with Crippen LogP contribution in [0.25, 0.3) is 0 Å². The van der Waals surface area contributed by atoms with Crippen LogP contribution in [0.4, 0.5) is 0 Å². The highest BCUT2D eigenvalue weighted by Crippen LogP contribution is 2.21. The molecule has 1 rings (SSSR count). The minimum absolute atomic E-state index is 0.0875.